The van der Waals surface area contributed by atoms with E-state index in [2.05, 4.69) is 17.4 Å². The SMILES string of the molecule is COC(=O)C1=C(C)NC(COCCN)=C(C(=O)OCCCCc2ccccc2)C1c1cccc(Cl)c1Cl. The molecule has 1 unspecified atom stereocenters. The van der Waals surface area contributed by atoms with Crippen LogP contribution in [0.15, 0.2) is 71.1 Å². The van der Waals surface area contributed by atoms with Crippen molar-refractivity contribution in [3.05, 3.63) is 92.2 Å². The number of rotatable bonds is 12. The Hall–Kier alpha value is -2.84. The number of esters is 2. The van der Waals surface area contributed by atoms with Crippen molar-refractivity contribution in [3.8, 4) is 0 Å². The van der Waals surface area contributed by atoms with E-state index in [0.717, 1.165) is 12.8 Å². The molecule has 0 amide bonds. The van der Waals surface area contributed by atoms with Crippen LogP contribution in [0.4, 0.5) is 0 Å². The lowest BCUT2D eigenvalue weighted by Gasteiger charge is -2.32. The minimum atomic E-state index is -0.867. The Bertz CT molecular complexity index is 1160. The number of dihydropyridines is 1. The van der Waals surface area contributed by atoms with Gasteiger partial charge in [-0.3, -0.25) is 0 Å². The van der Waals surface area contributed by atoms with Crippen molar-refractivity contribution in [1.29, 1.82) is 0 Å². The number of halogens is 2. The molecule has 0 fully saturated rings. The highest BCUT2D eigenvalue weighted by molar-refractivity contribution is 6.42. The van der Waals surface area contributed by atoms with Crippen molar-refractivity contribution in [1.82, 2.24) is 5.32 Å². The lowest BCUT2D eigenvalue weighted by Crippen LogP contribution is -2.35. The molecule has 2 aromatic carbocycles. The zero-order chi connectivity index (χ0) is 26.8. The van der Waals surface area contributed by atoms with Crippen LogP contribution in [0.2, 0.25) is 10.0 Å². The van der Waals surface area contributed by atoms with Gasteiger partial charge in [-0.1, -0.05) is 65.7 Å². The number of hydrogen-bond donors (Lipinski definition) is 2. The van der Waals surface area contributed by atoms with Crippen LogP contribution in [0.3, 0.4) is 0 Å². The summed E-state index contributed by atoms with van der Waals surface area (Å²) >= 11 is 12.9. The molecule has 0 aliphatic carbocycles. The van der Waals surface area contributed by atoms with Gasteiger partial charge in [0.25, 0.3) is 0 Å². The molecule has 3 rings (SSSR count). The monoisotopic (exact) mass is 546 g/mol. The molecule has 0 saturated heterocycles. The third kappa shape index (κ3) is 7.36. The van der Waals surface area contributed by atoms with E-state index in [9.17, 15) is 9.59 Å². The summed E-state index contributed by atoms with van der Waals surface area (Å²) in [7, 11) is 1.29. The molecule has 0 aromatic heterocycles. The van der Waals surface area contributed by atoms with Gasteiger partial charge in [-0.2, -0.15) is 0 Å². The summed E-state index contributed by atoms with van der Waals surface area (Å²) < 4.78 is 16.4. The Labute approximate surface area is 227 Å². The minimum absolute atomic E-state index is 0.0656. The van der Waals surface area contributed by atoms with Gasteiger partial charge in [0.2, 0.25) is 0 Å². The maximum atomic E-state index is 13.6. The summed E-state index contributed by atoms with van der Waals surface area (Å²) in [5, 5.41) is 3.68. The molecule has 1 aliphatic rings. The van der Waals surface area contributed by atoms with Gasteiger partial charge < -0.3 is 25.3 Å². The van der Waals surface area contributed by atoms with Gasteiger partial charge in [-0.15, -0.1) is 0 Å². The molecule has 198 valence electrons. The number of nitrogens with two attached hydrogens (primary N) is 1. The lowest BCUT2D eigenvalue weighted by molar-refractivity contribution is -0.139. The molecule has 37 heavy (non-hydrogen) atoms. The number of allylic oxidation sites excluding steroid dienone is 1. The third-order valence-corrected chi connectivity index (χ3v) is 6.84. The molecule has 9 heteroatoms. The van der Waals surface area contributed by atoms with E-state index in [4.69, 9.17) is 43.1 Å². The van der Waals surface area contributed by atoms with Crippen molar-refractivity contribution in [3.63, 3.8) is 0 Å². The smallest absolute Gasteiger partial charge is 0.336 e. The van der Waals surface area contributed by atoms with Gasteiger partial charge >= 0.3 is 11.9 Å². The zero-order valence-electron chi connectivity index (χ0n) is 21.0. The largest absolute Gasteiger partial charge is 0.466 e. The second-order valence-corrected chi connectivity index (χ2v) is 9.33. The maximum absolute atomic E-state index is 13.6. The van der Waals surface area contributed by atoms with E-state index in [0.29, 0.717) is 41.6 Å². The van der Waals surface area contributed by atoms with Crippen LogP contribution in [0.1, 0.15) is 36.8 Å². The number of unbranched alkanes of at least 4 members (excludes halogenated alkanes) is 1. The summed E-state index contributed by atoms with van der Waals surface area (Å²) in [6.45, 7) is 2.63. The third-order valence-electron chi connectivity index (χ3n) is 6.01. The number of nitrogens with one attached hydrogen (secondary N) is 1. The fraction of sp³-hybridized carbons (Fsp3) is 0.357. The second kappa shape index (κ2) is 14.2. The Morgan fingerprint density at radius 3 is 2.43 bits per heavy atom. The van der Waals surface area contributed by atoms with E-state index < -0.39 is 17.9 Å². The van der Waals surface area contributed by atoms with E-state index in [1.807, 2.05) is 18.2 Å². The molecule has 0 spiro atoms. The first-order chi connectivity index (χ1) is 17.9. The van der Waals surface area contributed by atoms with Crippen molar-refractivity contribution in [2.75, 3.05) is 33.5 Å². The first-order valence-corrected chi connectivity index (χ1v) is 12.9. The summed E-state index contributed by atoms with van der Waals surface area (Å²) in [5.41, 5.74) is 8.74. The number of carbonyl (C=O) groups excluding carboxylic acids is 2. The van der Waals surface area contributed by atoms with Gasteiger partial charge in [0, 0.05) is 12.2 Å². The van der Waals surface area contributed by atoms with E-state index in [1.54, 1.807) is 25.1 Å². The fourth-order valence-corrected chi connectivity index (χ4v) is 4.68. The highest BCUT2D eigenvalue weighted by Gasteiger charge is 2.40. The number of aryl methyl sites for hydroxylation is 1. The molecule has 0 saturated carbocycles. The number of benzene rings is 2. The summed E-state index contributed by atoms with van der Waals surface area (Å²) in [6, 6.07) is 15.2. The molecule has 0 radical (unpaired) electrons. The van der Waals surface area contributed by atoms with Gasteiger partial charge in [-0.05, 0) is 43.4 Å². The normalized spacial score (nSPS) is 15.4. The zero-order valence-corrected chi connectivity index (χ0v) is 22.5. The molecule has 1 heterocycles. The maximum Gasteiger partial charge on any atom is 0.336 e. The van der Waals surface area contributed by atoms with Gasteiger partial charge in [0.05, 0.1) is 59.7 Å². The van der Waals surface area contributed by atoms with Crippen LogP contribution in [0.5, 0.6) is 0 Å². The predicted molar refractivity (Wildman–Crippen MR) is 144 cm³/mol. The van der Waals surface area contributed by atoms with Crippen LogP contribution in [-0.2, 0) is 30.2 Å². The average molecular weight is 547 g/mol. The molecule has 3 N–H and O–H groups in total. The van der Waals surface area contributed by atoms with E-state index in [-0.39, 0.29) is 29.4 Å². The fourth-order valence-electron chi connectivity index (χ4n) is 4.26. The second-order valence-electron chi connectivity index (χ2n) is 8.54. The molecular weight excluding hydrogens is 515 g/mol. The van der Waals surface area contributed by atoms with Gasteiger partial charge in [-0.25, -0.2) is 9.59 Å². The van der Waals surface area contributed by atoms with E-state index >= 15 is 0 Å². The number of methoxy groups -OCH3 is 1. The molecule has 7 nitrogen and oxygen atoms in total. The lowest BCUT2D eigenvalue weighted by atomic mass is 9.80. The highest BCUT2D eigenvalue weighted by atomic mass is 35.5. The van der Waals surface area contributed by atoms with Gasteiger partial charge in [0.15, 0.2) is 0 Å². The van der Waals surface area contributed by atoms with Crippen molar-refractivity contribution in [2.45, 2.75) is 32.1 Å². The van der Waals surface area contributed by atoms with Crippen LogP contribution in [0.25, 0.3) is 0 Å². The van der Waals surface area contributed by atoms with Crippen LogP contribution in [0, 0.1) is 0 Å². The number of carbonyl (C=O) groups is 2. The molecule has 1 atom stereocenters. The highest BCUT2D eigenvalue weighted by Crippen LogP contribution is 2.43. The van der Waals surface area contributed by atoms with Crippen molar-refractivity contribution >= 4 is 35.1 Å². The van der Waals surface area contributed by atoms with Crippen LogP contribution in [-0.4, -0.2) is 45.4 Å². The van der Waals surface area contributed by atoms with Crippen LogP contribution < -0.4 is 11.1 Å². The summed E-state index contributed by atoms with van der Waals surface area (Å²) in [6.07, 6.45) is 2.43. The van der Waals surface area contributed by atoms with Crippen molar-refractivity contribution < 1.29 is 23.8 Å². The molecule has 0 bridgehead atoms. The quantitative estimate of drug-likeness (QED) is 0.287. The Morgan fingerprint density at radius 2 is 1.73 bits per heavy atom. The van der Waals surface area contributed by atoms with Crippen LogP contribution >= 0.6 is 23.2 Å². The first-order valence-electron chi connectivity index (χ1n) is 12.1. The average Bonchev–Trinajstić information content (AvgIpc) is 2.90. The Morgan fingerprint density at radius 1 is 0.973 bits per heavy atom. The van der Waals surface area contributed by atoms with Crippen molar-refractivity contribution in [2.24, 2.45) is 5.73 Å². The summed E-state index contributed by atoms with van der Waals surface area (Å²) in [5.74, 6) is -2.04. The van der Waals surface area contributed by atoms with E-state index in [1.165, 1.54) is 12.7 Å². The molecule has 1 aliphatic heterocycles. The minimum Gasteiger partial charge on any atom is -0.466 e. The summed E-state index contributed by atoms with van der Waals surface area (Å²) in [4.78, 5) is 26.5. The van der Waals surface area contributed by atoms with Gasteiger partial charge in [0.1, 0.15) is 0 Å². The molecular formula is C28H32Cl2N2O5. The first kappa shape index (κ1) is 28.7. The number of ether oxygens (including phenoxy) is 3. The standard InChI is InChI=1S/C28H32Cl2N2O5/c1-18-23(27(33)35-2)24(20-12-8-13-21(29)26(20)30)25(22(32-18)17-36-16-14-31)28(34)37-15-7-6-11-19-9-4-3-5-10-19/h3-5,8-10,12-13,24,32H,6-7,11,14-17,31H2,1-2H3. The predicted octanol–water partition coefficient (Wildman–Crippen LogP) is 4.92. The molecule has 2 aromatic rings. The number of hydrogen-bond acceptors (Lipinski definition) is 7. The Balaban J connectivity index is 1.91. The Kier molecular flexibility index (Phi) is 11.0. The topological polar surface area (TPSA) is 99.9 Å².